The molecule has 3 N–H and O–H groups in total. The van der Waals surface area contributed by atoms with Gasteiger partial charge in [-0.25, -0.2) is 4.39 Å². The lowest BCUT2D eigenvalue weighted by molar-refractivity contribution is -0.138. The van der Waals surface area contributed by atoms with Crippen LogP contribution in [-0.4, -0.2) is 17.1 Å². The Bertz CT molecular complexity index is 394. The van der Waals surface area contributed by atoms with Crippen molar-refractivity contribution in [2.75, 3.05) is 0 Å². The predicted molar refractivity (Wildman–Crippen MR) is 53.6 cm³/mol. The number of rotatable bonds is 3. The van der Waals surface area contributed by atoms with Crippen molar-refractivity contribution in [3.8, 4) is 12.3 Å². The zero-order chi connectivity index (χ0) is 11.4. The monoisotopic (exact) mass is 207 g/mol. The van der Waals surface area contributed by atoms with Gasteiger partial charge >= 0.3 is 5.97 Å². The number of benzene rings is 1. The first-order valence-corrected chi connectivity index (χ1v) is 4.26. The van der Waals surface area contributed by atoms with E-state index in [0.717, 1.165) is 0 Å². The highest BCUT2D eigenvalue weighted by Crippen LogP contribution is 2.18. The SMILES string of the molecule is C#C[C@H](c1ccc(F)cc1)[C@H](N)C(=O)O. The highest BCUT2D eigenvalue weighted by atomic mass is 19.1. The van der Waals surface area contributed by atoms with Gasteiger partial charge in [-0.15, -0.1) is 6.42 Å². The summed E-state index contributed by atoms with van der Waals surface area (Å²) in [6.07, 6.45) is 5.19. The number of nitrogens with two attached hydrogens (primary N) is 1. The van der Waals surface area contributed by atoms with Crippen molar-refractivity contribution >= 4 is 5.97 Å². The van der Waals surface area contributed by atoms with Gasteiger partial charge in [0, 0.05) is 0 Å². The Morgan fingerprint density at radius 2 is 2.00 bits per heavy atom. The summed E-state index contributed by atoms with van der Waals surface area (Å²) in [5.74, 6) is -0.0392. The molecular weight excluding hydrogens is 197 g/mol. The van der Waals surface area contributed by atoms with Gasteiger partial charge in [0.15, 0.2) is 0 Å². The molecule has 78 valence electrons. The number of carboxylic acids is 1. The first-order valence-electron chi connectivity index (χ1n) is 4.26. The van der Waals surface area contributed by atoms with Crippen molar-refractivity contribution in [3.05, 3.63) is 35.6 Å². The van der Waals surface area contributed by atoms with E-state index in [1.54, 1.807) is 0 Å². The van der Waals surface area contributed by atoms with Gasteiger partial charge in [0.25, 0.3) is 0 Å². The number of hydrogen-bond donors (Lipinski definition) is 2. The molecule has 0 saturated carbocycles. The predicted octanol–water partition coefficient (Wildman–Crippen LogP) is 0.954. The van der Waals surface area contributed by atoms with Crippen LogP contribution in [0.25, 0.3) is 0 Å². The van der Waals surface area contributed by atoms with Gasteiger partial charge in [-0.05, 0) is 17.7 Å². The molecule has 4 heteroatoms. The molecule has 0 unspecified atom stereocenters. The molecule has 15 heavy (non-hydrogen) atoms. The molecule has 0 aromatic heterocycles. The maximum absolute atomic E-state index is 12.6. The summed E-state index contributed by atoms with van der Waals surface area (Å²) in [4.78, 5) is 10.6. The number of carbonyl (C=O) groups is 1. The Morgan fingerprint density at radius 3 is 2.40 bits per heavy atom. The average molecular weight is 207 g/mol. The molecule has 1 aromatic rings. The average Bonchev–Trinajstić information content (AvgIpc) is 2.21. The fourth-order valence-corrected chi connectivity index (χ4v) is 1.22. The summed E-state index contributed by atoms with van der Waals surface area (Å²) in [6.45, 7) is 0. The number of carboxylic acid groups (broad SMARTS) is 1. The number of terminal acetylenes is 1. The van der Waals surface area contributed by atoms with E-state index in [0.29, 0.717) is 5.56 Å². The van der Waals surface area contributed by atoms with Crippen molar-refractivity contribution < 1.29 is 14.3 Å². The summed E-state index contributed by atoms with van der Waals surface area (Å²) in [6, 6.07) is 4.12. The van der Waals surface area contributed by atoms with Crippen LogP contribution in [0, 0.1) is 18.2 Å². The third-order valence-corrected chi connectivity index (χ3v) is 2.05. The lowest BCUT2D eigenvalue weighted by atomic mass is 9.93. The van der Waals surface area contributed by atoms with E-state index >= 15 is 0 Å². The smallest absolute Gasteiger partial charge is 0.322 e. The summed E-state index contributed by atoms with van der Waals surface area (Å²) < 4.78 is 12.6. The highest BCUT2D eigenvalue weighted by molar-refractivity contribution is 5.75. The molecule has 2 atom stereocenters. The highest BCUT2D eigenvalue weighted by Gasteiger charge is 2.23. The second kappa shape index (κ2) is 4.58. The zero-order valence-electron chi connectivity index (χ0n) is 7.85. The van der Waals surface area contributed by atoms with Gasteiger partial charge in [0.2, 0.25) is 0 Å². The van der Waals surface area contributed by atoms with Crippen LogP contribution in [0.4, 0.5) is 4.39 Å². The molecule has 0 spiro atoms. The van der Waals surface area contributed by atoms with Crippen molar-refractivity contribution in [2.45, 2.75) is 12.0 Å². The van der Waals surface area contributed by atoms with Crippen molar-refractivity contribution in [1.82, 2.24) is 0 Å². The van der Waals surface area contributed by atoms with Gasteiger partial charge in [0.1, 0.15) is 11.9 Å². The summed E-state index contributed by atoms with van der Waals surface area (Å²) in [7, 11) is 0. The van der Waals surface area contributed by atoms with Crippen molar-refractivity contribution in [1.29, 1.82) is 0 Å². The molecule has 0 saturated heterocycles. The summed E-state index contributed by atoms with van der Waals surface area (Å²) >= 11 is 0. The molecule has 0 heterocycles. The van der Waals surface area contributed by atoms with E-state index < -0.39 is 23.7 Å². The Labute approximate surface area is 86.7 Å². The number of halogens is 1. The molecule has 1 rings (SSSR count). The van der Waals surface area contributed by atoms with E-state index in [1.807, 2.05) is 0 Å². The maximum Gasteiger partial charge on any atom is 0.322 e. The third-order valence-electron chi connectivity index (χ3n) is 2.05. The van der Waals surface area contributed by atoms with Crippen LogP contribution in [0.2, 0.25) is 0 Å². The van der Waals surface area contributed by atoms with Crippen molar-refractivity contribution in [2.24, 2.45) is 5.73 Å². The van der Waals surface area contributed by atoms with Gasteiger partial charge in [-0.2, -0.15) is 0 Å². The number of aliphatic carboxylic acids is 1. The molecule has 0 aliphatic heterocycles. The van der Waals surface area contributed by atoms with E-state index in [2.05, 4.69) is 5.92 Å². The fourth-order valence-electron chi connectivity index (χ4n) is 1.22. The minimum Gasteiger partial charge on any atom is -0.480 e. The van der Waals surface area contributed by atoms with Crippen LogP contribution in [0.1, 0.15) is 11.5 Å². The molecule has 0 amide bonds. The van der Waals surface area contributed by atoms with Crippen LogP contribution in [0.3, 0.4) is 0 Å². The maximum atomic E-state index is 12.6. The van der Waals surface area contributed by atoms with Crippen LogP contribution >= 0.6 is 0 Å². The molecule has 0 aliphatic carbocycles. The van der Waals surface area contributed by atoms with Gasteiger partial charge in [-0.1, -0.05) is 18.1 Å². The van der Waals surface area contributed by atoms with Gasteiger partial charge in [-0.3, -0.25) is 4.79 Å². The summed E-state index contributed by atoms with van der Waals surface area (Å²) in [5, 5.41) is 8.70. The Morgan fingerprint density at radius 1 is 1.47 bits per heavy atom. The summed E-state index contributed by atoms with van der Waals surface area (Å²) in [5.41, 5.74) is 5.93. The molecule has 1 aromatic carbocycles. The van der Waals surface area contributed by atoms with Gasteiger partial charge < -0.3 is 10.8 Å². The van der Waals surface area contributed by atoms with Crippen LogP contribution in [0.15, 0.2) is 24.3 Å². The van der Waals surface area contributed by atoms with Crippen LogP contribution in [-0.2, 0) is 4.79 Å². The fraction of sp³-hybridized carbons (Fsp3) is 0.182. The molecule has 0 aliphatic rings. The topological polar surface area (TPSA) is 63.3 Å². The lowest BCUT2D eigenvalue weighted by Gasteiger charge is -2.15. The molecule has 0 bridgehead atoms. The Hall–Kier alpha value is -1.86. The normalized spacial score (nSPS) is 13.9. The molecular formula is C11H10FNO2. The number of hydrogen-bond acceptors (Lipinski definition) is 2. The largest absolute Gasteiger partial charge is 0.480 e. The Balaban J connectivity index is 2.99. The zero-order valence-corrected chi connectivity index (χ0v) is 7.85. The van der Waals surface area contributed by atoms with E-state index in [9.17, 15) is 9.18 Å². The first kappa shape index (κ1) is 11.2. The first-order chi connectivity index (χ1) is 7.06. The second-order valence-corrected chi connectivity index (χ2v) is 3.06. The van der Waals surface area contributed by atoms with E-state index in [1.165, 1.54) is 24.3 Å². The molecule has 3 nitrogen and oxygen atoms in total. The quantitative estimate of drug-likeness (QED) is 0.725. The lowest BCUT2D eigenvalue weighted by Crippen LogP contribution is -2.35. The standard InChI is InChI=1S/C11H10FNO2/c1-2-9(10(13)11(14)15)7-3-5-8(12)6-4-7/h1,3-6,9-10H,13H2,(H,14,15)/t9-,10+/m1/s1. The van der Waals surface area contributed by atoms with Gasteiger partial charge in [0.05, 0.1) is 5.92 Å². The minimum atomic E-state index is -1.18. The van der Waals surface area contributed by atoms with E-state index in [4.69, 9.17) is 17.3 Å². The van der Waals surface area contributed by atoms with Crippen LogP contribution in [0.5, 0.6) is 0 Å². The molecule has 0 fully saturated rings. The minimum absolute atomic E-state index is 0.404. The van der Waals surface area contributed by atoms with Crippen molar-refractivity contribution in [3.63, 3.8) is 0 Å². The van der Waals surface area contributed by atoms with Crippen LogP contribution < -0.4 is 5.73 Å². The second-order valence-electron chi connectivity index (χ2n) is 3.06. The molecule has 0 radical (unpaired) electrons. The third kappa shape index (κ3) is 2.55. The Kier molecular flexibility index (Phi) is 3.42. The van der Waals surface area contributed by atoms with E-state index in [-0.39, 0.29) is 0 Å².